The van der Waals surface area contributed by atoms with E-state index in [1.165, 1.54) is 6.07 Å². The molecule has 1 aliphatic rings. The van der Waals surface area contributed by atoms with E-state index in [0.717, 1.165) is 16.8 Å². The summed E-state index contributed by atoms with van der Waals surface area (Å²) in [6.45, 7) is 2.18. The van der Waals surface area contributed by atoms with Gasteiger partial charge in [0, 0.05) is 40.2 Å². The first-order chi connectivity index (χ1) is 20.3. The van der Waals surface area contributed by atoms with Gasteiger partial charge >= 0.3 is 0 Å². The minimum atomic E-state index is -0.617. The average molecular weight is 583 g/mol. The van der Waals surface area contributed by atoms with Gasteiger partial charge in [-0.2, -0.15) is 0 Å². The second-order valence-corrected chi connectivity index (χ2v) is 10.4. The molecule has 10 nitrogen and oxygen atoms in total. The van der Waals surface area contributed by atoms with Crippen molar-refractivity contribution in [3.05, 3.63) is 100 Å². The molecule has 0 saturated carbocycles. The topological polar surface area (TPSA) is 135 Å². The molecule has 3 N–H and O–H groups in total. The Balaban J connectivity index is 1.28. The fourth-order valence-corrected chi connectivity index (χ4v) is 5.22. The van der Waals surface area contributed by atoms with E-state index in [4.69, 9.17) is 21.3 Å². The van der Waals surface area contributed by atoms with Gasteiger partial charge in [-0.1, -0.05) is 29.8 Å². The number of hydrogen-bond donors (Lipinski definition) is 3. The first kappa shape index (κ1) is 27.2. The number of hydrogen-bond acceptors (Lipinski definition) is 8. The maximum atomic E-state index is 13.2. The Morgan fingerprint density at radius 2 is 1.83 bits per heavy atom. The largest absolute Gasteiger partial charge is 0.504 e. The Morgan fingerprint density at radius 3 is 2.62 bits per heavy atom. The first-order valence-corrected chi connectivity index (χ1v) is 13.7. The van der Waals surface area contributed by atoms with Crippen molar-refractivity contribution < 1.29 is 19.7 Å². The number of ether oxygens (including phenoxy) is 1. The van der Waals surface area contributed by atoms with Crippen LogP contribution >= 0.6 is 11.6 Å². The predicted octanol–water partition coefficient (Wildman–Crippen LogP) is 4.84. The van der Waals surface area contributed by atoms with E-state index < -0.39 is 6.04 Å². The number of aryl methyl sites for hydroxylation is 1. The van der Waals surface area contributed by atoms with E-state index in [1.54, 1.807) is 25.3 Å². The number of phenols is 2. The van der Waals surface area contributed by atoms with Crippen molar-refractivity contribution in [1.82, 2.24) is 25.1 Å². The smallest absolute Gasteiger partial charge is 0.222 e. The van der Waals surface area contributed by atoms with E-state index in [9.17, 15) is 15.0 Å². The van der Waals surface area contributed by atoms with Crippen molar-refractivity contribution in [2.45, 2.75) is 25.8 Å². The van der Waals surface area contributed by atoms with Gasteiger partial charge in [-0.3, -0.25) is 14.4 Å². The standard InChI is InChI=1S/C31H27ClN6O4/c1-17-36-37-31-24(16-27(40)33-14-13-21-9-5-19-6-12-26(39)30(41)29(19)34-21)35-28(18-3-7-20(32)8-4-18)23-15-22(42-2)10-11-25(23)38(17)31/h3-12,15,24,39,41H,13-14,16H2,1-2H3,(H,33,40)/t24-/m0/s1. The highest BCUT2D eigenvalue weighted by Crippen LogP contribution is 2.35. The fourth-order valence-electron chi connectivity index (χ4n) is 5.10. The zero-order valence-electron chi connectivity index (χ0n) is 22.9. The number of nitrogens with zero attached hydrogens (tertiary/aromatic N) is 5. The minimum Gasteiger partial charge on any atom is -0.504 e. The number of amides is 1. The molecule has 42 heavy (non-hydrogen) atoms. The summed E-state index contributed by atoms with van der Waals surface area (Å²) in [6.07, 6.45) is 0.474. The normalized spacial score (nSPS) is 14.1. The summed E-state index contributed by atoms with van der Waals surface area (Å²) in [5.74, 6) is 1.20. The highest BCUT2D eigenvalue weighted by Gasteiger charge is 2.30. The lowest BCUT2D eigenvalue weighted by Gasteiger charge is -2.14. The Bertz CT molecular complexity index is 1850. The summed E-state index contributed by atoms with van der Waals surface area (Å²) in [6, 6.07) is 19.3. The van der Waals surface area contributed by atoms with Crippen molar-refractivity contribution in [3.8, 4) is 22.9 Å². The van der Waals surface area contributed by atoms with E-state index in [-0.39, 0.29) is 23.8 Å². The highest BCUT2D eigenvalue weighted by molar-refractivity contribution is 6.30. The molecule has 11 heteroatoms. The second kappa shape index (κ2) is 11.1. The number of methoxy groups -OCH3 is 1. The van der Waals surface area contributed by atoms with Crippen LogP contribution in [0.5, 0.6) is 17.2 Å². The van der Waals surface area contributed by atoms with Crippen molar-refractivity contribution in [2.75, 3.05) is 13.7 Å². The molecule has 3 heterocycles. The quantitative estimate of drug-likeness (QED) is 0.234. The molecule has 1 atom stereocenters. The summed E-state index contributed by atoms with van der Waals surface area (Å²) in [5.41, 5.74) is 4.16. The van der Waals surface area contributed by atoms with Crippen LogP contribution in [0.25, 0.3) is 16.6 Å². The number of benzene rings is 3. The molecule has 0 unspecified atom stereocenters. The van der Waals surface area contributed by atoms with Crippen LogP contribution in [0.15, 0.2) is 71.7 Å². The van der Waals surface area contributed by atoms with Crippen molar-refractivity contribution in [3.63, 3.8) is 0 Å². The Morgan fingerprint density at radius 1 is 1.05 bits per heavy atom. The molecule has 1 aliphatic heterocycles. The lowest BCUT2D eigenvalue weighted by Crippen LogP contribution is -2.27. The Hall–Kier alpha value is -4.96. The third kappa shape index (κ3) is 5.12. The van der Waals surface area contributed by atoms with Gasteiger partial charge in [0.15, 0.2) is 17.3 Å². The van der Waals surface area contributed by atoms with Crippen LogP contribution < -0.4 is 10.1 Å². The van der Waals surface area contributed by atoms with Gasteiger partial charge in [0.05, 0.1) is 24.9 Å². The van der Waals surface area contributed by atoms with Gasteiger partial charge < -0.3 is 20.3 Å². The summed E-state index contributed by atoms with van der Waals surface area (Å²) in [5, 5.41) is 33.0. The molecule has 5 aromatic rings. The van der Waals surface area contributed by atoms with Gasteiger partial charge in [-0.25, -0.2) is 4.98 Å². The predicted molar refractivity (Wildman–Crippen MR) is 159 cm³/mol. The van der Waals surface area contributed by atoms with Crippen LogP contribution in [0, 0.1) is 6.92 Å². The number of phenolic OH excluding ortho intramolecular Hbond substituents is 2. The number of rotatable bonds is 7. The fraction of sp³-hybridized carbons (Fsp3) is 0.194. The number of halogens is 1. The van der Waals surface area contributed by atoms with Crippen LogP contribution in [-0.4, -0.2) is 55.2 Å². The van der Waals surface area contributed by atoms with Crippen LogP contribution in [0.3, 0.4) is 0 Å². The van der Waals surface area contributed by atoms with Gasteiger partial charge in [-0.05, 0) is 55.5 Å². The SMILES string of the molecule is COc1ccc2c(c1)C(c1ccc(Cl)cc1)=N[C@@H](CC(=O)NCCc1ccc3ccc(O)c(O)c3n1)c1nnc(C)n1-2. The maximum absolute atomic E-state index is 13.2. The highest BCUT2D eigenvalue weighted by atomic mass is 35.5. The van der Waals surface area contributed by atoms with E-state index in [0.29, 0.717) is 57.7 Å². The van der Waals surface area contributed by atoms with Crippen molar-refractivity contribution in [1.29, 1.82) is 0 Å². The van der Waals surface area contributed by atoms with Crippen LogP contribution in [-0.2, 0) is 11.2 Å². The molecule has 0 radical (unpaired) electrons. The second-order valence-electron chi connectivity index (χ2n) is 9.94. The monoisotopic (exact) mass is 582 g/mol. The lowest BCUT2D eigenvalue weighted by molar-refractivity contribution is -0.121. The molecular formula is C31H27ClN6O4. The molecule has 2 aromatic heterocycles. The Kier molecular flexibility index (Phi) is 7.22. The molecule has 0 bridgehead atoms. The van der Waals surface area contributed by atoms with E-state index >= 15 is 0 Å². The van der Waals surface area contributed by atoms with Gasteiger partial charge in [-0.15, -0.1) is 10.2 Å². The molecular weight excluding hydrogens is 556 g/mol. The number of carbonyl (C=O) groups is 1. The Labute approximate surface area is 246 Å². The summed E-state index contributed by atoms with van der Waals surface area (Å²) in [7, 11) is 1.61. The number of aliphatic imine (C=N–C) groups is 1. The zero-order valence-corrected chi connectivity index (χ0v) is 23.6. The first-order valence-electron chi connectivity index (χ1n) is 13.3. The van der Waals surface area contributed by atoms with Gasteiger partial charge in [0.25, 0.3) is 0 Å². The third-order valence-electron chi connectivity index (χ3n) is 7.20. The number of nitrogens with one attached hydrogen (secondary N) is 1. The van der Waals surface area contributed by atoms with Crippen LogP contribution in [0.1, 0.15) is 40.9 Å². The van der Waals surface area contributed by atoms with Crippen LogP contribution in [0.2, 0.25) is 5.02 Å². The summed E-state index contributed by atoms with van der Waals surface area (Å²) < 4.78 is 7.45. The molecule has 0 aliphatic carbocycles. The summed E-state index contributed by atoms with van der Waals surface area (Å²) >= 11 is 6.18. The van der Waals surface area contributed by atoms with Crippen LogP contribution in [0.4, 0.5) is 0 Å². The average Bonchev–Trinajstić information content (AvgIpc) is 3.32. The third-order valence-corrected chi connectivity index (χ3v) is 7.46. The van der Waals surface area contributed by atoms with E-state index in [2.05, 4.69) is 20.5 Å². The zero-order chi connectivity index (χ0) is 29.4. The van der Waals surface area contributed by atoms with Crippen molar-refractivity contribution >= 4 is 34.1 Å². The molecule has 1 amide bonds. The minimum absolute atomic E-state index is 0.0418. The number of pyridine rings is 1. The molecule has 0 fully saturated rings. The summed E-state index contributed by atoms with van der Waals surface area (Å²) in [4.78, 5) is 22.8. The molecule has 212 valence electrons. The number of aromatic nitrogens is 4. The number of carbonyl (C=O) groups excluding carboxylic acids is 1. The van der Waals surface area contributed by atoms with Gasteiger partial charge in [0.2, 0.25) is 5.91 Å². The molecule has 6 rings (SSSR count). The maximum Gasteiger partial charge on any atom is 0.222 e. The van der Waals surface area contributed by atoms with E-state index in [1.807, 2.05) is 54.0 Å². The van der Waals surface area contributed by atoms with Crippen molar-refractivity contribution in [2.24, 2.45) is 4.99 Å². The number of fused-ring (bicyclic) bond motifs is 4. The molecule has 0 spiro atoms. The molecule has 0 saturated heterocycles. The van der Waals surface area contributed by atoms with Gasteiger partial charge in [0.1, 0.15) is 23.1 Å². The molecule has 3 aromatic carbocycles. The number of aromatic hydroxyl groups is 2. The lowest BCUT2D eigenvalue weighted by atomic mass is 10.00.